The lowest BCUT2D eigenvalue weighted by Crippen LogP contribution is -2.07. The maximum atomic E-state index is 3.53. The molecule has 1 N–H and O–H groups in total. The fraction of sp³-hybridized carbons (Fsp3) is 0.176. The first-order valence-electron chi connectivity index (χ1n) is 6.53. The van der Waals surface area contributed by atoms with E-state index in [-0.39, 0.29) is 0 Å². The highest BCUT2D eigenvalue weighted by atomic mass is 14.9. The molecule has 0 aliphatic carbocycles. The smallest absolute Gasteiger partial charge is 0.0193 e. The molecule has 1 aliphatic rings. The van der Waals surface area contributed by atoms with Crippen LogP contribution in [0.1, 0.15) is 24.0 Å². The van der Waals surface area contributed by atoms with Gasteiger partial charge in [0, 0.05) is 17.8 Å². The summed E-state index contributed by atoms with van der Waals surface area (Å²) in [5.74, 6) is 0. The van der Waals surface area contributed by atoms with Gasteiger partial charge in [0.1, 0.15) is 0 Å². The Balaban J connectivity index is 2.14. The molecule has 0 atom stereocenters. The van der Waals surface area contributed by atoms with Gasteiger partial charge in [-0.2, -0.15) is 0 Å². The third kappa shape index (κ3) is 2.17. The molecule has 1 heteroatoms. The van der Waals surface area contributed by atoms with Crippen molar-refractivity contribution in [2.75, 3.05) is 6.54 Å². The molecule has 0 spiro atoms. The topological polar surface area (TPSA) is 12.0 Å². The van der Waals surface area contributed by atoms with E-state index in [2.05, 4.69) is 66.0 Å². The largest absolute Gasteiger partial charge is 0.388 e. The van der Waals surface area contributed by atoms with E-state index in [4.69, 9.17) is 0 Å². The van der Waals surface area contributed by atoms with Gasteiger partial charge in [-0.3, -0.25) is 0 Å². The summed E-state index contributed by atoms with van der Waals surface area (Å²) < 4.78 is 0. The van der Waals surface area contributed by atoms with Crippen LogP contribution in [-0.2, 0) is 0 Å². The Bertz CT molecular complexity index is 491. The molecule has 0 saturated carbocycles. The zero-order valence-corrected chi connectivity index (χ0v) is 10.4. The van der Waals surface area contributed by atoms with Crippen LogP contribution >= 0.6 is 0 Å². The second-order valence-corrected chi connectivity index (χ2v) is 4.62. The maximum absolute atomic E-state index is 3.53. The lowest BCUT2D eigenvalue weighted by atomic mass is 9.95. The molecule has 0 amide bonds. The molecule has 0 unspecified atom stereocenters. The molecule has 1 aliphatic heterocycles. The summed E-state index contributed by atoms with van der Waals surface area (Å²) >= 11 is 0. The maximum Gasteiger partial charge on any atom is 0.0193 e. The van der Waals surface area contributed by atoms with Crippen molar-refractivity contribution >= 4 is 5.57 Å². The SMILES string of the molecule is c1ccc(C(=C2CCCN2)c2ccccc2)cc1. The van der Waals surface area contributed by atoms with Crippen LogP contribution < -0.4 is 5.32 Å². The average molecular weight is 235 g/mol. The number of nitrogens with one attached hydrogen (secondary N) is 1. The van der Waals surface area contributed by atoms with E-state index in [0.717, 1.165) is 13.0 Å². The van der Waals surface area contributed by atoms with Gasteiger partial charge in [-0.25, -0.2) is 0 Å². The molecule has 0 bridgehead atoms. The second kappa shape index (κ2) is 5.09. The van der Waals surface area contributed by atoms with Gasteiger partial charge in [-0.15, -0.1) is 0 Å². The van der Waals surface area contributed by atoms with Crippen LogP contribution in [0.3, 0.4) is 0 Å². The van der Waals surface area contributed by atoms with E-state index in [9.17, 15) is 0 Å². The summed E-state index contributed by atoms with van der Waals surface area (Å²) in [5.41, 5.74) is 5.34. The quantitative estimate of drug-likeness (QED) is 0.834. The van der Waals surface area contributed by atoms with Gasteiger partial charge in [0.15, 0.2) is 0 Å². The van der Waals surface area contributed by atoms with Crippen molar-refractivity contribution in [3.8, 4) is 0 Å². The highest BCUT2D eigenvalue weighted by molar-refractivity contribution is 5.82. The second-order valence-electron chi connectivity index (χ2n) is 4.62. The minimum atomic E-state index is 1.10. The van der Waals surface area contributed by atoms with Gasteiger partial charge in [0.2, 0.25) is 0 Å². The van der Waals surface area contributed by atoms with E-state index in [1.807, 2.05) is 0 Å². The van der Waals surface area contributed by atoms with Crippen LogP contribution in [0.4, 0.5) is 0 Å². The van der Waals surface area contributed by atoms with E-state index >= 15 is 0 Å². The van der Waals surface area contributed by atoms with Crippen molar-refractivity contribution in [1.29, 1.82) is 0 Å². The van der Waals surface area contributed by atoms with Crippen molar-refractivity contribution in [2.24, 2.45) is 0 Å². The summed E-state index contributed by atoms with van der Waals surface area (Å²) in [7, 11) is 0. The molecule has 0 radical (unpaired) electrons. The Labute approximate surface area is 108 Å². The first-order valence-corrected chi connectivity index (χ1v) is 6.53. The van der Waals surface area contributed by atoms with E-state index in [0.29, 0.717) is 0 Å². The monoisotopic (exact) mass is 235 g/mol. The lowest BCUT2D eigenvalue weighted by Gasteiger charge is -2.13. The summed E-state index contributed by atoms with van der Waals surface area (Å²) in [6.45, 7) is 1.10. The zero-order chi connectivity index (χ0) is 12.2. The van der Waals surface area contributed by atoms with Crippen molar-refractivity contribution in [3.05, 3.63) is 77.5 Å². The van der Waals surface area contributed by atoms with E-state index in [1.54, 1.807) is 0 Å². The fourth-order valence-corrected chi connectivity index (χ4v) is 2.53. The predicted molar refractivity (Wildman–Crippen MR) is 76.1 cm³/mol. The number of hydrogen-bond donors (Lipinski definition) is 1. The zero-order valence-electron chi connectivity index (χ0n) is 10.4. The molecule has 1 nitrogen and oxygen atoms in total. The van der Waals surface area contributed by atoms with Gasteiger partial charge in [0.25, 0.3) is 0 Å². The van der Waals surface area contributed by atoms with Crippen LogP contribution in [0.5, 0.6) is 0 Å². The van der Waals surface area contributed by atoms with Crippen molar-refractivity contribution in [3.63, 3.8) is 0 Å². The molecular formula is C17H17N. The van der Waals surface area contributed by atoms with Crippen LogP contribution in [0, 0.1) is 0 Å². The molecular weight excluding hydrogens is 218 g/mol. The average Bonchev–Trinajstić information content (AvgIpc) is 2.95. The lowest BCUT2D eigenvalue weighted by molar-refractivity contribution is 0.904. The molecule has 1 heterocycles. The molecule has 18 heavy (non-hydrogen) atoms. The molecule has 0 aromatic heterocycles. The Morgan fingerprint density at radius 3 is 1.78 bits per heavy atom. The Kier molecular flexibility index (Phi) is 3.14. The van der Waals surface area contributed by atoms with Gasteiger partial charge in [0.05, 0.1) is 0 Å². The molecule has 90 valence electrons. The van der Waals surface area contributed by atoms with E-state index in [1.165, 1.54) is 28.8 Å². The van der Waals surface area contributed by atoms with Crippen LogP contribution in [-0.4, -0.2) is 6.54 Å². The van der Waals surface area contributed by atoms with Crippen LogP contribution in [0.2, 0.25) is 0 Å². The fourth-order valence-electron chi connectivity index (χ4n) is 2.53. The Hall–Kier alpha value is -2.02. The van der Waals surface area contributed by atoms with Gasteiger partial charge in [-0.05, 0) is 24.0 Å². The van der Waals surface area contributed by atoms with Crippen molar-refractivity contribution in [1.82, 2.24) is 5.32 Å². The van der Waals surface area contributed by atoms with E-state index < -0.39 is 0 Å². The van der Waals surface area contributed by atoms with Gasteiger partial charge in [-0.1, -0.05) is 60.7 Å². The third-order valence-electron chi connectivity index (χ3n) is 3.37. The predicted octanol–water partition coefficient (Wildman–Crippen LogP) is 3.83. The Morgan fingerprint density at radius 2 is 1.33 bits per heavy atom. The minimum absolute atomic E-state index is 1.10. The normalized spacial score (nSPS) is 14.3. The minimum Gasteiger partial charge on any atom is -0.388 e. The summed E-state index contributed by atoms with van der Waals surface area (Å²) in [6.07, 6.45) is 2.39. The summed E-state index contributed by atoms with van der Waals surface area (Å²) in [5, 5.41) is 3.53. The highest BCUT2D eigenvalue weighted by Gasteiger charge is 2.14. The number of benzene rings is 2. The summed E-state index contributed by atoms with van der Waals surface area (Å²) in [4.78, 5) is 0. The third-order valence-corrected chi connectivity index (χ3v) is 3.37. The van der Waals surface area contributed by atoms with Crippen molar-refractivity contribution < 1.29 is 0 Å². The van der Waals surface area contributed by atoms with Crippen LogP contribution in [0.15, 0.2) is 66.4 Å². The first-order chi connectivity index (χ1) is 8.95. The standard InChI is InChI=1S/C17H17N/c1-3-8-14(9-4-1)17(16-12-7-13-18-16)15-10-5-2-6-11-15/h1-6,8-11,18H,7,12-13H2. The number of hydrogen-bond acceptors (Lipinski definition) is 1. The van der Waals surface area contributed by atoms with Crippen molar-refractivity contribution in [2.45, 2.75) is 12.8 Å². The molecule has 2 aromatic carbocycles. The first kappa shape index (κ1) is 11.1. The molecule has 1 saturated heterocycles. The van der Waals surface area contributed by atoms with Crippen LogP contribution in [0.25, 0.3) is 5.57 Å². The van der Waals surface area contributed by atoms with Gasteiger partial charge >= 0.3 is 0 Å². The molecule has 3 rings (SSSR count). The Morgan fingerprint density at radius 1 is 0.778 bits per heavy atom. The highest BCUT2D eigenvalue weighted by Crippen LogP contribution is 2.29. The van der Waals surface area contributed by atoms with Gasteiger partial charge < -0.3 is 5.32 Å². The number of allylic oxidation sites excluding steroid dienone is 1. The summed E-state index contributed by atoms with van der Waals surface area (Å²) in [6, 6.07) is 21.3. The molecule has 2 aromatic rings. The molecule has 1 fully saturated rings. The number of rotatable bonds is 2.